The third-order valence-corrected chi connectivity index (χ3v) is 5.65. The number of nitrogens with zero attached hydrogens (tertiary/aromatic N) is 4. The monoisotopic (exact) mass is 492 g/mol. The minimum absolute atomic E-state index is 0. The predicted octanol–water partition coefficient (Wildman–Crippen LogP) is 3.28. The summed E-state index contributed by atoms with van der Waals surface area (Å²) in [6.07, 6.45) is 4.80. The van der Waals surface area contributed by atoms with Crippen LogP contribution < -0.4 is 15.4 Å². The number of hydrogen-bond donors (Lipinski definition) is 3. The third-order valence-electron chi connectivity index (χ3n) is 5.65. The van der Waals surface area contributed by atoms with E-state index in [0.29, 0.717) is 35.1 Å². The molecule has 0 spiro atoms. The van der Waals surface area contributed by atoms with Crippen molar-refractivity contribution in [3.63, 3.8) is 0 Å². The van der Waals surface area contributed by atoms with Gasteiger partial charge in [-0.25, -0.2) is 15.0 Å². The summed E-state index contributed by atoms with van der Waals surface area (Å²) < 4.78 is 5.17. The number of pyridine rings is 2. The Balaban J connectivity index is 0.00000342. The molecule has 0 saturated carbocycles. The van der Waals surface area contributed by atoms with Crippen LogP contribution in [0.15, 0.2) is 55.1 Å². The van der Waals surface area contributed by atoms with Crippen LogP contribution in [-0.2, 0) is 6.61 Å². The van der Waals surface area contributed by atoms with Crippen molar-refractivity contribution in [1.29, 1.82) is 0 Å². The molecular formula is C25H28N6O3S. The maximum atomic E-state index is 12.3. The van der Waals surface area contributed by atoms with E-state index in [2.05, 4.69) is 37.5 Å². The Morgan fingerprint density at radius 3 is 2.71 bits per heavy atom. The van der Waals surface area contributed by atoms with Crippen LogP contribution in [0.1, 0.15) is 34.3 Å². The lowest BCUT2D eigenvalue weighted by atomic mass is 9.96. The van der Waals surface area contributed by atoms with E-state index in [-0.39, 0.29) is 31.9 Å². The molecule has 1 atom stereocenters. The summed E-state index contributed by atoms with van der Waals surface area (Å²) >= 11 is 0. The number of nitrogens with one attached hydrogen (secondary N) is 2. The van der Waals surface area contributed by atoms with Gasteiger partial charge in [0.1, 0.15) is 12.1 Å². The lowest BCUT2D eigenvalue weighted by Crippen LogP contribution is -2.18. The van der Waals surface area contributed by atoms with Gasteiger partial charge in [0, 0.05) is 54.5 Å². The van der Waals surface area contributed by atoms with Crippen LogP contribution in [0.2, 0.25) is 0 Å². The number of para-hydroxylation sites is 1. The van der Waals surface area contributed by atoms with Crippen molar-refractivity contribution >= 4 is 36.1 Å². The van der Waals surface area contributed by atoms with Crippen LogP contribution in [0, 0.1) is 0 Å². The Bertz CT molecular complexity index is 1330. The van der Waals surface area contributed by atoms with Gasteiger partial charge in [0.25, 0.3) is 5.91 Å². The second-order valence-electron chi connectivity index (χ2n) is 7.80. The molecule has 3 aromatic heterocycles. The molecule has 1 amide bonds. The number of aliphatic hydroxyl groups is 1. The summed E-state index contributed by atoms with van der Waals surface area (Å²) in [6.45, 7) is 2.52. The van der Waals surface area contributed by atoms with Gasteiger partial charge in [-0.15, -0.1) is 0 Å². The highest BCUT2D eigenvalue weighted by Gasteiger charge is 2.15. The number of benzene rings is 1. The predicted molar refractivity (Wildman–Crippen MR) is 140 cm³/mol. The zero-order valence-electron chi connectivity index (χ0n) is 19.7. The van der Waals surface area contributed by atoms with E-state index in [4.69, 9.17) is 4.74 Å². The molecule has 10 heteroatoms. The Hall–Kier alpha value is -3.76. The van der Waals surface area contributed by atoms with Crippen molar-refractivity contribution < 1.29 is 14.6 Å². The van der Waals surface area contributed by atoms with E-state index in [1.54, 1.807) is 31.6 Å². The van der Waals surface area contributed by atoms with Gasteiger partial charge in [-0.3, -0.25) is 9.78 Å². The molecular weight excluding hydrogens is 464 g/mol. The largest absolute Gasteiger partial charge is 0.481 e. The molecule has 35 heavy (non-hydrogen) atoms. The Kier molecular flexibility index (Phi) is 8.56. The van der Waals surface area contributed by atoms with Gasteiger partial charge in [-0.1, -0.05) is 25.1 Å². The molecule has 0 radical (unpaired) electrons. The summed E-state index contributed by atoms with van der Waals surface area (Å²) in [5.41, 5.74) is 4.46. The van der Waals surface area contributed by atoms with Crippen LogP contribution in [-0.4, -0.2) is 51.7 Å². The maximum absolute atomic E-state index is 12.3. The van der Waals surface area contributed by atoms with E-state index >= 15 is 0 Å². The van der Waals surface area contributed by atoms with Crippen molar-refractivity contribution in [3.8, 4) is 17.1 Å². The smallest absolute Gasteiger partial charge is 0.251 e. The third kappa shape index (κ3) is 5.50. The zero-order chi connectivity index (χ0) is 24.1. The van der Waals surface area contributed by atoms with Gasteiger partial charge in [-0.2, -0.15) is 13.5 Å². The normalized spacial score (nSPS) is 11.4. The number of aromatic nitrogens is 4. The SMILES string of the molecule is CNC(=O)c1ccnc2c([C@H](C)CNc3cc(-c4cnc(OC)c(CO)c4)ncn3)cccc12.S. The van der Waals surface area contributed by atoms with Gasteiger partial charge in [0.05, 0.1) is 30.5 Å². The Morgan fingerprint density at radius 1 is 1.14 bits per heavy atom. The molecule has 1 aromatic carbocycles. The second-order valence-corrected chi connectivity index (χ2v) is 7.80. The molecule has 0 aliphatic heterocycles. The van der Waals surface area contributed by atoms with Crippen LogP contribution in [0.5, 0.6) is 5.88 Å². The van der Waals surface area contributed by atoms with Gasteiger partial charge < -0.3 is 20.5 Å². The fourth-order valence-corrected chi connectivity index (χ4v) is 3.84. The van der Waals surface area contributed by atoms with E-state index in [0.717, 1.165) is 22.0 Å². The number of amides is 1. The number of rotatable bonds is 8. The highest BCUT2D eigenvalue weighted by atomic mass is 32.1. The minimum atomic E-state index is -0.182. The molecule has 9 nitrogen and oxygen atoms in total. The van der Waals surface area contributed by atoms with Crippen LogP contribution in [0.25, 0.3) is 22.2 Å². The molecule has 0 fully saturated rings. The maximum Gasteiger partial charge on any atom is 0.251 e. The molecule has 0 aliphatic rings. The fourth-order valence-electron chi connectivity index (χ4n) is 3.84. The van der Waals surface area contributed by atoms with Crippen molar-refractivity contribution in [3.05, 3.63) is 71.8 Å². The van der Waals surface area contributed by atoms with E-state index < -0.39 is 0 Å². The number of methoxy groups -OCH3 is 1. The van der Waals surface area contributed by atoms with Crippen LogP contribution >= 0.6 is 13.5 Å². The number of carbonyl (C=O) groups is 1. The lowest BCUT2D eigenvalue weighted by Gasteiger charge is -2.16. The van der Waals surface area contributed by atoms with E-state index in [1.165, 1.54) is 13.4 Å². The number of anilines is 1. The standard InChI is InChI=1S/C25H26N6O3.H2S/c1-15(18-5-4-6-19-20(24(33)26-2)7-8-27-23(18)19)11-28-22-10-21(30-14-31-22)16-9-17(13-32)25(34-3)29-12-16;/h4-10,12,14-15,32H,11,13H2,1-3H3,(H,26,33)(H,28,30,31);1H2/t15-;/m1./s1. The molecule has 3 heterocycles. The Labute approximate surface area is 210 Å². The Morgan fingerprint density at radius 2 is 1.97 bits per heavy atom. The van der Waals surface area contributed by atoms with Crippen LogP contribution in [0.4, 0.5) is 5.82 Å². The van der Waals surface area contributed by atoms with E-state index in [1.807, 2.05) is 24.3 Å². The fraction of sp³-hybridized carbons (Fsp3) is 0.240. The molecule has 4 rings (SSSR count). The molecule has 0 saturated heterocycles. The summed E-state index contributed by atoms with van der Waals surface area (Å²) in [4.78, 5) is 29.7. The number of ether oxygens (including phenoxy) is 1. The van der Waals surface area contributed by atoms with Crippen LogP contribution in [0.3, 0.4) is 0 Å². The van der Waals surface area contributed by atoms with Crippen molar-refractivity contribution in [1.82, 2.24) is 25.3 Å². The average molecular weight is 493 g/mol. The van der Waals surface area contributed by atoms with Gasteiger partial charge in [0.15, 0.2) is 0 Å². The highest BCUT2D eigenvalue weighted by molar-refractivity contribution is 7.59. The minimum Gasteiger partial charge on any atom is -0.481 e. The number of fused-ring (bicyclic) bond motifs is 1. The molecule has 4 aromatic rings. The number of carbonyl (C=O) groups excluding carboxylic acids is 1. The topological polar surface area (TPSA) is 122 Å². The average Bonchev–Trinajstić information content (AvgIpc) is 2.90. The van der Waals surface area contributed by atoms with Crippen molar-refractivity contribution in [2.75, 3.05) is 26.0 Å². The molecule has 0 bridgehead atoms. The summed E-state index contributed by atoms with van der Waals surface area (Å²) in [5, 5.41) is 16.4. The van der Waals surface area contributed by atoms with Crippen molar-refractivity contribution in [2.24, 2.45) is 0 Å². The van der Waals surface area contributed by atoms with Gasteiger partial charge in [-0.05, 0) is 17.7 Å². The number of aliphatic hydroxyl groups excluding tert-OH is 1. The summed E-state index contributed by atoms with van der Waals surface area (Å²) in [7, 11) is 3.13. The highest BCUT2D eigenvalue weighted by Crippen LogP contribution is 2.27. The molecule has 0 unspecified atom stereocenters. The lowest BCUT2D eigenvalue weighted by molar-refractivity contribution is 0.0964. The van der Waals surface area contributed by atoms with Gasteiger partial charge in [0.2, 0.25) is 5.88 Å². The summed E-state index contributed by atoms with van der Waals surface area (Å²) in [6, 6.07) is 11.2. The first kappa shape index (κ1) is 25.9. The first-order valence-electron chi connectivity index (χ1n) is 10.9. The molecule has 3 N–H and O–H groups in total. The zero-order valence-corrected chi connectivity index (χ0v) is 20.7. The number of hydrogen-bond acceptors (Lipinski definition) is 8. The molecule has 0 aliphatic carbocycles. The summed E-state index contributed by atoms with van der Waals surface area (Å²) in [5.74, 6) is 1.01. The molecule has 182 valence electrons. The quantitative estimate of drug-likeness (QED) is 0.343. The van der Waals surface area contributed by atoms with Gasteiger partial charge >= 0.3 is 0 Å². The first-order valence-corrected chi connectivity index (χ1v) is 10.9. The van der Waals surface area contributed by atoms with E-state index in [9.17, 15) is 9.90 Å². The van der Waals surface area contributed by atoms with Crippen molar-refractivity contribution in [2.45, 2.75) is 19.4 Å². The first-order chi connectivity index (χ1) is 16.5. The second kappa shape index (κ2) is 11.6.